The second-order valence-electron chi connectivity index (χ2n) is 9.68. The first kappa shape index (κ1) is 31.5. The average molecular weight is 599 g/mol. The number of nitrogens with zero attached hydrogens (tertiary/aromatic N) is 2. The SMILES string of the molecule is CC(C)CN(C[C@@H](O[P+](=O)O)C(Cc1ccccc1)NC(=O)O[C@H]1CCOC1)S(=O)(=O)c1ccc([N+](=O)[O-])cc1. The molecule has 0 saturated carbocycles. The van der Waals surface area contributed by atoms with E-state index in [0.717, 1.165) is 34.1 Å². The van der Waals surface area contributed by atoms with E-state index in [-0.39, 0.29) is 36.1 Å². The van der Waals surface area contributed by atoms with Crippen LogP contribution in [0.5, 0.6) is 0 Å². The van der Waals surface area contributed by atoms with Crippen molar-refractivity contribution in [1.82, 2.24) is 9.62 Å². The molecule has 1 fully saturated rings. The Morgan fingerprint density at radius 2 is 1.88 bits per heavy atom. The number of ether oxygens (including phenoxy) is 2. The number of hydrogen-bond donors (Lipinski definition) is 2. The summed E-state index contributed by atoms with van der Waals surface area (Å²) in [6.07, 6.45) is -1.86. The molecule has 4 atom stereocenters. The van der Waals surface area contributed by atoms with Crippen LogP contribution in [0.3, 0.4) is 0 Å². The monoisotopic (exact) mass is 598 g/mol. The van der Waals surface area contributed by atoms with Gasteiger partial charge in [0.15, 0.2) is 6.10 Å². The Bertz CT molecular complexity index is 1260. The Hall–Kier alpha value is -3.00. The fourth-order valence-electron chi connectivity index (χ4n) is 4.20. The van der Waals surface area contributed by atoms with Crippen LogP contribution < -0.4 is 5.32 Å². The Kier molecular flexibility index (Phi) is 11.5. The number of carbonyl (C=O) groups is 1. The fourth-order valence-corrected chi connectivity index (χ4v) is 6.26. The van der Waals surface area contributed by atoms with E-state index in [9.17, 15) is 32.8 Å². The second kappa shape index (κ2) is 14.6. The van der Waals surface area contributed by atoms with Gasteiger partial charge in [0.25, 0.3) is 5.69 Å². The topological polar surface area (TPSA) is 175 Å². The summed E-state index contributed by atoms with van der Waals surface area (Å²) >= 11 is 0. The maximum Gasteiger partial charge on any atom is 0.695 e. The molecular formula is C25H33N3O10PS+. The molecule has 13 nitrogen and oxygen atoms in total. The first-order valence-corrected chi connectivity index (χ1v) is 15.2. The van der Waals surface area contributed by atoms with E-state index in [2.05, 4.69) is 5.32 Å². The highest BCUT2D eigenvalue weighted by atomic mass is 32.2. The highest BCUT2D eigenvalue weighted by Gasteiger charge is 2.38. The predicted molar refractivity (Wildman–Crippen MR) is 144 cm³/mol. The number of alkyl carbamates (subject to hydrolysis) is 1. The smallest absolute Gasteiger partial charge is 0.444 e. The molecule has 0 spiro atoms. The Morgan fingerprint density at radius 3 is 2.42 bits per heavy atom. The predicted octanol–water partition coefficient (Wildman–Crippen LogP) is 3.40. The van der Waals surface area contributed by atoms with E-state index < -0.39 is 54.1 Å². The lowest BCUT2D eigenvalue weighted by Gasteiger charge is -2.30. The molecule has 40 heavy (non-hydrogen) atoms. The summed E-state index contributed by atoms with van der Waals surface area (Å²) in [4.78, 5) is 32.7. The largest absolute Gasteiger partial charge is 0.695 e. The summed E-state index contributed by atoms with van der Waals surface area (Å²) in [6, 6.07) is 12.4. The van der Waals surface area contributed by atoms with Crippen LogP contribution >= 0.6 is 8.25 Å². The van der Waals surface area contributed by atoms with Gasteiger partial charge in [-0.25, -0.2) is 13.2 Å². The van der Waals surface area contributed by atoms with Crippen molar-refractivity contribution < 1.29 is 41.6 Å². The number of amides is 1. The van der Waals surface area contributed by atoms with Gasteiger partial charge in [0.2, 0.25) is 10.0 Å². The van der Waals surface area contributed by atoms with Crippen LogP contribution in [-0.4, -0.2) is 73.2 Å². The molecule has 1 saturated heterocycles. The van der Waals surface area contributed by atoms with Gasteiger partial charge in [-0.3, -0.25) is 10.1 Å². The van der Waals surface area contributed by atoms with Gasteiger partial charge in [-0.15, -0.1) is 9.42 Å². The molecule has 0 bridgehead atoms. The van der Waals surface area contributed by atoms with Crippen molar-refractivity contribution in [2.45, 2.75) is 49.8 Å². The van der Waals surface area contributed by atoms with Crippen LogP contribution in [0.4, 0.5) is 10.5 Å². The van der Waals surface area contributed by atoms with E-state index >= 15 is 0 Å². The summed E-state index contributed by atoms with van der Waals surface area (Å²) in [5.41, 5.74) is 0.485. The standard InChI is InChI=1S/C25H32N3O10PS/c1-18(2)15-27(40(34,35)22-10-8-20(9-11-22)28(30)31)16-24(38-39(32)33)23(14-19-6-4-3-5-7-19)26-25(29)37-21-12-13-36-17-21/h3-11,18,21,23-24H,12-17H2,1-2H3,(H-,26,29,32,33)/p+1/t21-,23?,24+/m0/s1. The summed E-state index contributed by atoms with van der Waals surface area (Å²) in [7, 11) is -7.43. The Morgan fingerprint density at radius 1 is 1.20 bits per heavy atom. The van der Waals surface area contributed by atoms with Crippen LogP contribution in [0, 0.1) is 16.0 Å². The van der Waals surface area contributed by atoms with Crippen molar-refractivity contribution in [2.24, 2.45) is 5.92 Å². The molecule has 1 amide bonds. The molecule has 0 aliphatic carbocycles. The number of hydrogen-bond acceptors (Lipinski definition) is 9. The van der Waals surface area contributed by atoms with Crippen molar-refractivity contribution >= 4 is 30.1 Å². The van der Waals surface area contributed by atoms with Gasteiger partial charge >= 0.3 is 14.3 Å². The van der Waals surface area contributed by atoms with Crippen molar-refractivity contribution in [3.63, 3.8) is 0 Å². The first-order chi connectivity index (χ1) is 19.0. The third-order valence-corrected chi connectivity index (χ3v) is 8.37. The summed E-state index contributed by atoms with van der Waals surface area (Å²) < 4.78 is 56.2. The molecule has 0 radical (unpaired) electrons. The number of nitro groups is 1. The number of rotatable bonds is 14. The van der Waals surface area contributed by atoms with Crippen LogP contribution in [0.15, 0.2) is 59.5 Å². The van der Waals surface area contributed by atoms with Crippen LogP contribution in [-0.2, 0) is 35.0 Å². The maximum absolute atomic E-state index is 13.6. The number of benzene rings is 2. The van der Waals surface area contributed by atoms with E-state index in [1.807, 2.05) is 0 Å². The van der Waals surface area contributed by atoms with Crippen LogP contribution in [0.2, 0.25) is 0 Å². The van der Waals surface area contributed by atoms with Crippen molar-refractivity contribution in [3.05, 3.63) is 70.3 Å². The molecule has 2 unspecified atom stereocenters. The van der Waals surface area contributed by atoms with Gasteiger partial charge in [0.05, 0.1) is 29.1 Å². The molecule has 2 N–H and O–H groups in total. The molecule has 2 aromatic rings. The molecule has 1 aliphatic heterocycles. The maximum atomic E-state index is 13.6. The van der Waals surface area contributed by atoms with Gasteiger partial charge in [0, 0.05) is 36.2 Å². The summed E-state index contributed by atoms with van der Waals surface area (Å²) in [6.45, 7) is 3.89. The summed E-state index contributed by atoms with van der Waals surface area (Å²) in [5, 5.41) is 13.7. The lowest BCUT2D eigenvalue weighted by Crippen LogP contribution is -2.52. The lowest BCUT2D eigenvalue weighted by molar-refractivity contribution is -0.384. The molecule has 3 rings (SSSR count). The molecule has 218 valence electrons. The van der Waals surface area contributed by atoms with Crippen LogP contribution in [0.1, 0.15) is 25.8 Å². The van der Waals surface area contributed by atoms with Gasteiger partial charge < -0.3 is 14.8 Å². The third-order valence-electron chi connectivity index (χ3n) is 6.08. The molecule has 2 aromatic carbocycles. The van der Waals surface area contributed by atoms with Crippen molar-refractivity contribution in [3.8, 4) is 0 Å². The Balaban J connectivity index is 1.93. The van der Waals surface area contributed by atoms with E-state index in [1.54, 1.807) is 44.2 Å². The van der Waals surface area contributed by atoms with Gasteiger partial charge in [0.1, 0.15) is 6.10 Å². The van der Waals surface area contributed by atoms with E-state index in [0.29, 0.717) is 13.0 Å². The highest BCUT2D eigenvalue weighted by molar-refractivity contribution is 7.89. The first-order valence-electron chi connectivity index (χ1n) is 12.6. The number of carbonyl (C=O) groups excluding carboxylic acids is 1. The van der Waals surface area contributed by atoms with Crippen LogP contribution in [0.25, 0.3) is 0 Å². The zero-order chi connectivity index (χ0) is 29.3. The molecule has 1 heterocycles. The number of sulfonamides is 1. The molecular weight excluding hydrogens is 565 g/mol. The minimum atomic E-state index is -4.23. The van der Waals surface area contributed by atoms with Gasteiger partial charge in [-0.2, -0.15) is 4.31 Å². The summed E-state index contributed by atoms with van der Waals surface area (Å²) in [5.74, 6) is -0.163. The average Bonchev–Trinajstić information content (AvgIpc) is 3.40. The molecule has 1 aliphatic rings. The zero-order valence-electron chi connectivity index (χ0n) is 22.1. The third kappa shape index (κ3) is 9.29. The number of nitro benzene ring substituents is 1. The quantitative estimate of drug-likeness (QED) is 0.186. The van der Waals surface area contributed by atoms with Gasteiger partial charge in [-0.05, 0) is 30.0 Å². The van der Waals surface area contributed by atoms with Crippen molar-refractivity contribution in [1.29, 1.82) is 0 Å². The van der Waals surface area contributed by atoms with Gasteiger partial charge in [-0.1, -0.05) is 44.2 Å². The normalized spacial score (nSPS) is 17.4. The van der Waals surface area contributed by atoms with Crippen molar-refractivity contribution in [2.75, 3.05) is 26.3 Å². The lowest BCUT2D eigenvalue weighted by atomic mass is 10.0. The highest BCUT2D eigenvalue weighted by Crippen LogP contribution is 2.26. The second-order valence-corrected chi connectivity index (χ2v) is 12.3. The minimum absolute atomic E-state index is 0.00328. The Labute approximate surface area is 233 Å². The van der Waals surface area contributed by atoms with E-state index in [4.69, 9.17) is 14.0 Å². The molecule has 15 heteroatoms. The zero-order valence-corrected chi connectivity index (χ0v) is 23.8. The fraction of sp³-hybridized carbons (Fsp3) is 0.480. The number of non-ortho nitro benzene ring substituents is 1. The minimum Gasteiger partial charge on any atom is -0.444 e. The van der Waals surface area contributed by atoms with E-state index in [1.165, 1.54) is 0 Å². The number of nitrogens with one attached hydrogen (secondary N) is 1. The molecule has 0 aromatic heterocycles.